The first-order chi connectivity index (χ1) is 12.7. The Morgan fingerprint density at radius 1 is 1.15 bits per heavy atom. The lowest BCUT2D eigenvalue weighted by Gasteiger charge is -2.11. The molecule has 0 aliphatic heterocycles. The molecule has 26 heavy (non-hydrogen) atoms. The average Bonchev–Trinajstić information content (AvgIpc) is 3.07. The second-order valence-electron chi connectivity index (χ2n) is 5.99. The molecule has 0 saturated heterocycles. The number of benzene rings is 2. The molecule has 6 heteroatoms. The van der Waals surface area contributed by atoms with Crippen molar-refractivity contribution in [3.63, 3.8) is 0 Å². The van der Waals surface area contributed by atoms with E-state index in [1.807, 2.05) is 12.1 Å². The zero-order valence-corrected chi connectivity index (χ0v) is 15.4. The van der Waals surface area contributed by atoms with Crippen molar-refractivity contribution in [3.8, 4) is 5.75 Å². The molecule has 2 aromatic carbocycles. The maximum Gasteiger partial charge on any atom is 0.315 e. The molecule has 0 fully saturated rings. The number of fused-ring (bicyclic) bond motifs is 1. The van der Waals surface area contributed by atoms with Gasteiger partial charge in [0, 0.05) is 41.9 Å². The molecule has 3 rings (SSSR count). The minimum absolute atomic E-state index is 0.204. The number of nitrogens with zero attached hydrogens (tertiary/aromatic N) is 1. The van der Waals surface area contributed by atoms with E-state index in [-0.39, 0.29) is 6.03 Å². The number of methoxy groups -OCH3 is 1. The number of rotatable bonds is 7. The largest absolute Gasteiger partial charge is 0.496 e. The van der Waals surface area contributed by atoms with Crippen LogP contribution in [0.3, 0.4) is 0 Å². The van der Waals surface area contributed by atoms with Crippen LogP contribution in [0.1, 0.15) is 12.0 Å². The number of ether oxygens (including phenoxy) is 1. The van der Waals surface area contributed by atoms with Gasteiger partial charge in [-0.25, -0.2) is 4.79 Å². The van der Waals surface area contributed by atoms with E-state index in [2.05, 4.69) is 39.6 Å². The first kappa shape index (κ1) is 18.1. The standard InChI is InChI=1S/C20H22ClN3O2/c1-26-19-8-7-17(21)13-16(19)14-23-20(25)22-10-4-11-24-12-9-15-5-2-3-6-18(15)24/h2-3,5-9,12-13H,4,10-11,14H2,1H3,(H2,22,23,25). The molecule has 2 amide bonds. The van der Waals surface area contributed by atoms with Crippen LogP contribution in [0.5, 0.6) is 5.75 Å². The molecule has 1 heterocycles. The maximum absolute atomic E-state index is 12.0. The number of aryl methyl sites for hydroxylation is 1. The maximum atomic E-state index is 12.0. The number of amides is 2. The Morgan fingerprint density at radius 2 is 2.00 bits per heavy atom. The third-order valence-corrected chi connectivity index (χ3v) is 4.46. The van der Waals surface area contributed by atoms with Crippen LogP contribution in [0.4, 0.5) is 4.79 Å². The van der Waals surface area contributed by atoms with Crippen molar-refractivity contribution in [1.29, 1.82) is 0 Å². The second kappa shape index (κ2) is 8.63. The van der Waals surface area contributed by atoms with Gasteiger partial charge in [0.05, 0.1) is 7.11 Å². The number of aromatic nitrogens is 1. The molecule has 0 atom stereocenters. The smallest absolute Gasteiger partial charge is 0.315 e. The van der Waals surface area contributed by atoms with Crippen molar-refractivity contribution in [2.45, 2.75) is 19.5 Å². The fourth-order valence-corrected chi connectivity index (χ4v) is 3.10. The van der Waals surface area contributed by atoms with Crippen LogP contribution < -0.4 is 15.4 Å². The van der Waals surface area contributed by atoms with Gasteiger partial charge in [0.2, 0.25) is 0 Å². The summed E-state index contributed by atoms with van der Waals surface area (Å²) in [6, 6.07) is 15.5. The number of hydrogen-bond acceptors (Lipinski definition) is 2. The molecule has 1 aromatic heterocycles. The molecule has 2 N–H and O–H groups in total. The molecule has 5 nitrogen and oxygen atoms in total. The summed E-state index contributed by atoms with van der Waals surface area (Å²) in [5.41, 5.74) is 2.05. The van der Waals surface area contributed by atoms with Crippen molar-refractivity contribution in [1.82, 2.24) is 15.2 Å². The molecule has 0 bridgehead atoms. The predicted molar refractivity (Wildman–Crippen MR) is 105 cm³/mol. The predicted octanol–water partition coefficient (Wildman–Crippen LogP) is 4.19. The SMILES string of the molecule is COc1ccc(Cl)cc1CNC(=O)NCCCn1ccc2ccccc21. The summed E-state index contributed by atoms with van der Waals surface area (Å²) in [7, 11) is 1.60. The highest BCUT2D eigenvalue weighted by Gasteiger charge is 2.06. The lowest BCUT2D eigenvalue weighted by molar-refractivity contribution is 0.240. The van der Waals surface area contributed by atoms with E-state index in [0.29, 0.717) is 23.9 Å². The molecule has 136 valence electrons. The fraction of sp³-hybridized carbons (Fsp3) is 0.250. The Balaban J connectivity index is 1.43. The highest BCUT2D eigenvalue weighted by Crippen LogP contribution is 2.22. The molecular weight excluding hydrogens is 350 g/mol. The van der Waals surface area contributed by atoms with Crippen LogP contribution in [-0.4, -0.2) is 24.3 Å². The van der Waals surface area contributed by atoms with Crippen LogP contribution in [0.25, 0.3) is 10.9 Å². The Kier molecular flexibility index (Phi) is 6.02. The van der Waals surface area contributed by atoms with E-state index in [9.17, 15) is 4.79 Å². The molecule has 0 unspecified atom stereocenters. The Hall–Kier alpha value is -2.66. The average molecular weight is 372 g/mol. The van der Waals surface area contributed by atoms with Gasteiger partial charge in [0.25, 0.3) is 0 Å². The molecule has 0 spiro atoms. The van der Waals surface area contributed by atoms with Gasteiger partial charge in [-0.05, 0) is 42.1 Å². The van der Waals surface area contributed by atoms with Crippen molar-refractivity contribution < 1.29 is 9.53 Å². The minimum Gasteiger partial charge on any atom is -0.496 e. The summed E-state index contributed by atoms with van der Waals surface area (Å²) in [6.07, 6.45) is 2.93. The van der Waals surface area contributed by atoms with E-state index in [1.54, 1.807) is 25.3 Å². The lowest BCUT2D eigenvalue weighted by Crippen LogP contribution is -2.35. The number of urea groups is 1. The van der Waals surface area contributed by atoms with E-state index in [0.717, 1.165) is 18.5 Å². The van der Waals surface area contributed by atoms with Crippen LogP contribution >= 0.6 is 11.6 Å². The summed E-state index contributed by atoms with van der Waals surface area (Å²) in [4.78, 5) is 12.0. The number of para-hydroxylation sites is 1. The molecule has 0 saturated carbocycles. The first-order valence-electron chi connectivity index (χ1n) is 8.55. The number of hydrogen-bond donors (Lipinski definition) is 2. The van der Waals surface area contributed by atoms with Crippen molar-refractivity contribution in [2.24, 2.45) is 0 Å². The van der Waals surface area contributed by atoms with Gasteiger partial charge in [0.15, 0.2) is 0 Å². The van der Waals surface area contributed by atoms with Crippen molar-refractivity contribution in [2.75, 3.05) is 13.7 Å². The van der Waals surface area contributed by atoms with E-state index < -0.39 is 0 Å². The van der Waals surface area contributed by atoms with Gasteiger partial charge < -0.3 is 19.9 Å². The van der Waals surface area contributed by atoms with Crippen LogP contribution in [-0.2, 0) is 13.1 Å². The Morgan fingerprint density at radius 3 is 2.85 bits per heavy atom. The van der Waals surface area contributed by atoms with Gasteiger partial charge in [-0.1, -0.05) is 29.8 Å². The number of halogens is 1. The van der Waals surface area contributed by atoms with E-state index >= 15 is 0 Å². The molecule has 3 aromatic rings. The Labute approximate surface area is 157 Å². The third-order valence-electron chi connectivity index (χ3n) is 4.22. The summed E-state index contributed by atoms with van der Waals surface area (Å²) < 4.78 is 7.47. The summed E-state index contributed by atoms with van der Waals surface area (Å²) in [5.74, 6) is 0.703. The second-order valence-corrected chi connectivity index (χ2v) is 6.42. The zero-order valence-electron chi connectivity index (χ0n) is 14.7. The van der Waals surface area contributed by atoms with Crippen LogP contribution in [0.15, 0.2) is 54.7 Å². The number of carbonyl (C=O) groups excluding carboxylic acids is 1. The normalized spacial score (nSPS) is 10.7. The van der Waals surface area contributed by atoms with E-state index in [4.69, 9.17) is 16.3 Å². The monoisotopic (exact) mass is 371 g/mol. The van der Waals surface area contributed by atoms with Gasteiger partial charge >= 0.3 is 6.03 Å². The summed E-state index contributed by atoms with van der Waals surface area (Å²) in [6.45, 7) is 1.82. The van der Waals surface area contributed by atoms with Gasteiger partial charge in [-0.3, -0.25) is 0 Å². The highest BCUT2D eigenvalue weighted by molar-refractivity contribution is 6.30. The fourth-order valence-electron chi connectivity index (χ4n) is 2.91. The van der Waals surface area contributed by atoms with Gasteiger partial charge in [-0.2, -0.15) is 0 Å². The Bertz CT molecular complexity index is 892. The minimum atomic E-state index is -0.204. The zero-order chi connectivity index (χ0) is 18.4. The third kappa shape index (κ3) is 4.49. The van der Waals surface area contributed by atoms with Crippen molar-refractivity contribution in [3.05, 3.63) is 65.3 Å². The first-order valence-corrected chi connectivity index (χ1v) is 8.93. The lowest BCUT2D eigenvalue weighted by atomic mass is 10.2. The van der Waals surface area contributed by atoms with Crippen LogP contribution in [0.2, 0.25) is 5.02 Å². The van der Waals surface area contributed by atoms with Crippen molar-refractivity contribution >= 4 is 28.5 Å². The number of nitrogens with one attached hydrogen (secondary N) is 2. The van der Waals surface area contributed by atoms with Crippen LogP contribution in [0, 0.1) is 0 Å². The summed E-state index contributed by atoms with van der Waals surface area (Å²) >= 11 is 6.00. The summed E-state index contributed by atoms with van der Waals surface area (Å²) in [5, 5.41) is 7.55. The molecule has 0 aliphatic rings. The molecule has 0 aliphatic carbocycles. The topological polar surface area (TPSA) is 55.3 Å². The highest BCUT2D eigenvalue weighted by atomic mass is 35.5. The molecular formula is C20H22ClN3O2. The molecule has 0 radical (unpaired) electrons. The van der Waals surface area contributed by atoms with E-state index in [1.165, 1.54) is 10.9 Å². The number of carbonyl (C=O) groups is 1. The quantitative estimate of drug-likeness (QED) is 0.612. The van der Waals surface area contributed by atoms with Gasteiger partial charge in [-0.15, -0.1) is 0 Å². The van der Waals surface area contributed by atoms with Gasteiger partial charge in [0.1, 0.15) is 5.75 Å².